The molecule has 104 valence electrons. The molecule has 0 radical (unpaired) electrons. The monoisotopic (exact) mass is 268 g/mol. The van der Waals surface area contributed by atoms with Gasteiger partial charge in [0.1, 0.15) is 0 Å². The zero-order valence-corrected chi connectivity index (χ0v) is 12.0. The predicted octanol–water partition coefficient (Wildman–Crippen LogP) is 4.28. The number of phenols is 1. The van der Waals surface area contributed by atoms with Crippen molar-refractivity contribution in [2.45, 2.75) is 19.3 Å². The van der Waals surface area contributed by atoms with E-state index in [-0.39, 0.29) is 11.7 Å². The third kappa shape index (κ3) is 2.69. The van der Waals surface area contributed by atoms with Crippen LogP contribution in [-0.4, -0.2) is 12.2 Å². The van der Waals surface area contributed by atoms with Crippen molar-refractivity contribution < 1.29 is 9.84 Å². The van der Waals surface area contributed by atoms with E-state index in [0.29, 0.717) is 5.75 Å². The van der Waals surface area contributed by atoms with Crippen LogP contribution in [0.2, 0.25) is 0 Å². The van der Waals surface area contributed by atoms with Crippen LogP contribution in [0.1, 0.15) is 29.5 Å². The normalized spacial score (nSPS) is 11.9. The van der Waals surface area contributed by atoms with Gasteiger partial charge in [-0.3, -0.25) is 0 Å². The number of hydrogen-bond donors (Lipinski definition) is 1. The van der Waals surface area contributed by atoms with Crippen LogP contribution in [-0.2, 0) is 6.42 Å². The van der Waals surface area contributed by atoms with Crippen molar-refractivity contribution in [3.05, 3.63) is 71.8 Å². The van der Waals surface area contributed by atoms with Crippen LogP contribution >= 0.6 is 0 Å². The third-order valence-electron chi connectivity index (χ3n) is 3.57. The van der Waals surface area contributed by atoms with Crippen LogP contribution in [0.5, 0.6) is 11.5 Å². The molecule has 0 aliphatic heterocycles. The van der Waals surface area contributed by atoms with E-state index >= 15 is 0 Å². The van der Waals surface area contributed by atoms with E-state index in [0.717, 1.165) is 17.5 Å². The minimum absolute atomic E-state index is 0.146. The van der Waals surface area contributed by atoms with E-state index in [9.17, 15) is 5.11 Å². The van der Waals surface area contributed by atoms with E-state index in [2.05, 4.69) is 25.6 Å². The van der Waals surface area contributed by atoms with Crippen LogP contribution in [0, 0.1) is 0 Å². The molecule has 2 rings (SSSR count). The zero-order valence-electron chi connectivity index (χ0n) is 12.0. The van der Waals surface area contributed by atoms with E-state index in [1.54, 1.807) is 13.2 Å². The lowest BCUT2D eigenvalue weighted by molar-refractivity contribution is 0.367. The summed E-state index contributed by atoms with van der Waals surface area (Å²) in [4.78, 5) is 0. The van der Waals surface area contributed by atoms with E-state index in [4.69, 9.17) is 4.74 Å². The Hall–Kier alpha value is -2.22. The van der Waals surface area contributed by atoms with Crippen LogP contribution < -0.4 is 4.74 Å². The van der Waals surface area contributed by atoms with Gasteiger partial charge in [0.15, 0.2) is 11.5 Å². The molecule has 2 aromatic rings. The molecule has 0 bridgehead atoms. The molecule has 0 saturated heterocycles. The first-order chi connectivity index (χ1) is 9.69. The van der Waals surface area contributed by atoms with Gasteiger partial charge in [-0.05, 0) is 23.6 Å². The maximum Gasteiger partial charge on any atom is 0.164 e. The van der Waals surface area contributed by atoms with Crippen LogP contribution in [0.25, 0.3) is 0 Å². The number of phenolic OH excluding ortho intramolecular Hbond substituents is 1. The summed E-state index contributed by atoms with van der Waals surface area (Å²) in [7, 11) is 1.59. The SMILES string of the molecule is C=CCc1ccc(O)c(OC)c1C(C)c1ccccc1. The van der Waals surface area contributed by atoms with Gasteiger partial charge in [0.05, 0.1) is 7.11 Å². The molecule has 0 spiro atoms. The highest BCUT2D eigenvalue weighted by Gasteiger charge is 2.20. The second-order valence-electron chi connectivity index (χ2n) is 4.82. The van der Waals surface area contributed by atoms with Crippen molar-refractivity contribution in [3.8, 4) is 11.5 Å². The number of benzene rings is 2. The Morgan fingerprint density at radius 2 is 1.90 bits per heavy atom. The van der Waals surface area contributed by atoms with Gasteiger partial charge in [-0.2, -0.15) is 0 Å². The molecule has 1 N–H and O–H groups in total. The van der Waals surface area contributed by atoms with Crippen molar-refractivity contribution in [2.24, 2.45) is 0 Å². The van der Waals surface area contributed by atoms with Crippen LogP contribution in [0.3, 0.4) is 0 Å². The highest BCUT2D eigenvalue weighted by atomic mass is 16.5. The Labute approximate surface area is 120 Å². The molecule has 2 nitrogen and oxygen atoms in total. The molecule has 20 heavy (non-hydrogen) atoms. The van der Waals surface area contributed by atoms with Crippen LogP contribution in [0.15, 0.2) is 55.1 Å². The third-order valence-corrected chi connectivity index (χ3v) is 3.57. The fourth-order valence-corrected chi connectivity index (χ4v) is 2.56. The summed E-state index contributed by atoms with van der Waals surface area (Å²) < 4.78 is 5.42. The molecule has 0 heterocycles. The molecule has 0 amide bonds. The van der Waals surface area contributed by atoms with Gasteiger partial charge in [-0.1, -0.05) is 49.4 Å². The number of methoxy groups -OCH3 is 1. The standard InChI is InChI=1S/C18H20O2/c1-4-8-15-11-12-16(19)18(20-3)17(15)13(2)14-9-6-5-7-10-14/h4-7,9-13,19H,1,8H2,2-3H3. The average Bonchev–Trinajstić information content (AvgIpc) is 2.49. The molecule has 0 aliphatic rings. The first kappa shape index (κ1) is 14.2. The number of ether oxygens (including phenoxy) is 1. The van der Waals surface area contributed by atoms with Crippen molar-refractivity contribution in [3.63, 3.8) is 0 Å². The molecule has 1 atom stereocenters. The molecular formula is C18H20O2. The summed E-state index contributed by atoms with van der Waals surface area (Å²) in [6, 6.07) is 13.8. The van der Waals surface area contributed by atoms with E-state index in [1.807, 2.05) is 30.3 Å². The van der Waals surface area contributed by atoms with Crippen LogP contribution in [0.4, 0.5) is 0 Å². The summed E-state index contributed by atoms with van der Waals surface area (Å²) in [5, 5.41) is 10.0. The van der Waals surface area contributed by atoms with Gasteiger partial charge in [0.25, 0.3) is 0 Å². The van der Waals surface area contributed by atoms with E-state index in [1.165, 1.54) is 5.56 Å². The first-order valence-electron chi connectivity index (χ1n) is 6.73. The second-order valence-corrected chi connectivity index (χ2v) is 4.82. The first-order valence-corrected chi connectivity index (χ1v) is 6.73. The maximum atomic E-state index is 10.0. The Morgan fingerprint density at radius 1 is 1.20 bits per heavy atom. The Morgan fingerprint density at radius 3 is 2.50 bits per heavy atom. The molecule has 0 saturated carbocycles. The molecule has 2 heteroatoms. The largest absolute Gasteiger partial charge is 0.504 e. The summed E-state index contributed by atoms with van der Waals surface area (Å²) in [5.74, 6) is 0.881. The Bertz CT molecular complexity index is 588. The van der Waals surface area contributed by atoms with Gasteiger partial charge in [0, 0.05) is 11.5 Å². The van der Waals surface area contributed by atoms with Crippen molar-refractivity contribution in [2.75, 3.05) is 7.11 Å². The Kier molecular flexibility index (Phi) is 4.46. The topological polar surface area (TPSA) is 29.5 Å². The number of rotatable bonds is 5. The molecule has 1 unspecified atom stereocenters. The van der Waals surface area contributed by atoms with E-state index < -0.39 is 0 Å². The minimum atomic E-state index is 0.146. The molecule has 0 aromatic heterocycles. The van der Waals surface area contributed by atoms with Gasteiger partial charge in [0.2, 0.25) is 0 Å². The van der Waals surface area contributed by atoms with Gasteiger partial charge >= 0.3 is 0 Å². The lowest BCUT2D eigenvalue weighted by atomic mass is 9.87. The number of aromatic hydroxyl groups is 1. The highest BCUT2D eigenvalue weighted by molar-refractivity contribution is 5.54. The fraction of sp³-hybridized carbons (Fsp3) is 0.222. The predicted molar refractivity (Wildman–Crippen MR) is 82.5 cm³/mol. The zero-order chi connectivity index (χ0) is 14.5. The lowest BCUT2D eigenvalue weighted by Crippen LogP contribution is -2.04. The summed E-state index contributed by atoms with van der Waals surface area (Å²) >= 11 is 0. The smallest absolute Gasteiger partial charge is 0.164 e. The Balaban J connectivity index is 2.58. The average molecular weight is 268 g/mol. The quantitative estimate of drug-likeness (QED) is 0.820. The van der Waals surface area contributed by atoms with Crippen molar-refractivity contribution >= 4 is 0 Å². The van der Waals surface area contributed by atoms with Gasteiger partial charge in [-0.25, -0.2) is 0 Å². The maximum absolute atomic E-state index is 10.0. The number of allylic oxidation sites excluding steroid dienone is 1. The van der Waals surface area contributed by atoms with Gasteiger partial charge in [-0.15, -0.1) is 6.58 Å². The molecule has 0 aliphatic carbocycles. The van der Waals surface area contributed by atoms with Gasteiger partial charge < -0.3 is 9.84 Å². The van der Waals surface area contributed by atoms with Crippen molar-refractivity contribution in [1.82, 2.24) is 0 Å². The fourth-order valence-electron chi connectivity index (χ4n) is 2.56. The summed E-state index contributed by atoms with van der Waals surface area (Å²) in [5.41, 5.74) is 3.35. The van der Waals surface area contributed by atoms with Crippen molar-refractivity contribution in [1.29, 1.82) is 0 Å². The summed E-state index contributed by atoms with van der Waals surface area (Å²) in [6.07, 6.45) is 2.62. The molecule has 0 fully saturated rings. The molecule has 2 aromatic carbocycles. The minimum Gasteiger partial charge on any atom is -0.504 e. The molecular weight excluding hydrogens is 248 g/mol. The number of hydrogen-bond acceptors (Lipinski definition) is 2. The lowest BCUT2D eigenvalue weighted by Gasteiger charge is -2.20. The highest BCUT2D eigenvalue weighted by Crippen LogP contribution is 2.40. The summed E-state index contributed by atoms with van der Waals surface area (Å²) in [6.45, 7) is 5.93. The second kappa shape index (κ2) is 6.29.